The number of fused-ring (bicyclic) bond motifs is 1. The van der Waals surface area contributed by atoms with Crippen LogP contribution in [0.3, 0.4) is 0 Å². The van der Waals surface area contributed by atoms with Crippen LogP contribution in [-0.2, 0) is 9.59 Å². The first-order valence-electron chi connectivity index (χ1n) is 8.81. The number of para-hydroxylation sites is 1. The highest BCUT2D eigenvalue weighted by molar-refractivity contribution is 8.04. The van der Waals surface area contributed by atoms with E-state index < -0.39 is 0 Å². The van der Waals surface area contributed by atoms with Crippen LogP contribution in [0.15, 0.2) is 64.4 Å². The number of nitrogens with zero attached hydrogens (tertiary/aromatic N) is 1. The second kappa shape index (κ2) is 8.72. The van der Waals surface area contributed by atoms with Gasteiger partial charge in [-0.25, -0.2) is 0 Å². The maximum Gasteiger partial charge on any atom is 0.265 e. The minimum atomic E-state index is -0.136. The highest BCUT2D eigenvalue weighted by atomic mass is 32.2. The first-order chi connectivity index (χ1) is 12.7. The first-order valence-corrected chi connectivity index (χ1v) is 9.63. The van der Waals surface area contributed by atoms with E-state index in [0.717, 1.165) is 29.0 Å². The van der Waals surface area contributed by atoms with Crippen LogP contribution in [0, 0.1) is 0 Å². The summed E-state index contributed by atoms with van der Waals surface area (Å²) in [6.45, 7) is 2.75. The van der Waals surface area contributed by atoms with Crippen LogP contribution in [0.2, 0.25) is 0 Å². The van der Waals surface area contributed by atoms with E-state index in [-0.39, 0.29) is 18.4 Å². The van der Waals surface area contributed by atoms with Gasteiger partial charge in [0.25, 0.3) is 5.91 Å². The largest absolute Gasteiger partial charge is 0.355 e. The number of hydrogen-bond acceptors (Lipinski definition) is 3. The number of anilines is 1. The van der Waals surface area contributed by atoms with Gasteiger partial charge in [-0.2, -0.15) is 0 Å². The monoisotopic (exact) mass is 366 g/mol. The van der Waals surface area contributed by atoms with Crippen molar-refractivity contribution < 1.29 is 9.59 Å². The Hall–Kier alpha value is -2.53. The fourth-order valence-corrected chi connectivity index (χ4v) is 3.78. The molecular weight excluding hydrogens is 344 g/mol. The zero-order valence-electron chi connectivity index (χ0n) is 14.8. The molecule has 2 aromatic rings. The maximum absolute atomic E-state index is 13.0. The molecule has 4 nitrogen and oxygen atoms in total. The zero-order chi connectivity index (χ0) is 18.4. The van der Waals surface area contributed by atoms with Crippen molar-refractivity contribution in [3.63, 3.8) is 0 Å². The average molecular weight is 366 g/mol. The van der Waals surface area contributed by atoms with Crippen LogP contribution in [0.5, 0.6) is 0 Å². The van der Waals surface area contributed by atoms with Gasteiger partial charge >= 0.3 is 0 Å². The molecule has 0 radical (unpaired) electrons. The summed E-state index contributed by atoms with van der Waals surface area (Å²) in [6.07, 6.45) is 3.84. The lowest BCUT2D eigenvalue weighted by Crippen LogP contribution is -2.42. The van der Waals surface area contributed by atoms with Crippen molar-refractivity contribution in [1.82, 2.24) is 5.32 Å². The molecule has 2 aromatic carbocycles. The van der Waals surface area contributed by atoms with Gasteiger partial charge in [0.15, 0.2) is 0 Å². The van der Waals surface area contributed by atoms with Gasteiger partial charge in [-0.3, -0.25) is 14.5 Å². The fraction of sp³-hybridized carbons (Fsp3) is 0.238. The Kier molecular flexibility index (Phi) is 6.12. The van der Waals surface area contributed by atoms with Crippen molar-refractivity contribution in [3.8, 4) is 0 Å². The molecule has 2 amide bonds. The minimum Gasteiger partial charge on any atom is -0.355 e. The van der Waals surface area contributed by atoms with Gasteiger partial charge in [0.05, 0.1) is 10.6 Å². The highest BCUT2D eigenvalue weighted by Crippen LogP contribution is 2.41. The van der Waals surface area contributed by atoms with Crippen LogP contribution < -0.4 is 10.2 Å². The summed E-state index contributed by atoms with van der Waals surface area (Å²) in [5.41, 5.74) is 1.76. The second-order valence-corrected chi connectivity index (χ2v) is 7.17. The Morgan fingerprint density at radius 3 is 2.62 bits per heavy atom. The van der Waals surface area contributed by atoms with E-state index in [1.807, 2.05) is 60.7 Å². The van der Waals surface area contributed by atoms with E-state index in [9.17, 15) is 9.59 Å². The first kappa shape index (κ1) is 18.3. The summed E-state index contributed by atoms with van der Waals surface area (Å²) in [5, 5.41) is 2.89. The molecule has 0 atom stereocenters. The smallest absolute Gasteiger partial charge is 0.265 e. The van der Waals surface area contributed by atoms with Crippen molar-refractivity contribution in [2.75, 3.05) is 18.0 Å². The summed E-state index contributed by atoms with van der Waals surface area (Å²) in [4.78, 5) is 28.5. The van der Waals surface area contributed by atoms with Gasteiger partial charge < -0.3 is 5.32 Å². The molecule has 0 saturated carbocycles. The van der Waals surface area contributed by atoms with Crippen LogP contribution in [0.25, 0.3) is 6.08 Å². The van der Waals surface area contributed by atoms with Gasteiger partial charge in [-0.05, 0) is 30.2 Å². The summed E-state index contributed by atoms with van der Waals surface area (Å²) in [7, 11) is 0. The molecule has 0 unspecified atom stereocenters. The molecule has 3 rings (SSSR count). The standard InChI is InChI=1S/C21H22N2O2S/c1-2-3-13-22-20(24)15-23-17-11-7-8-12-18(17)26-19(21(23)25)14-16-9-5-4-6-10-16/h4-12,14H,2-3,13,15H2,1H3,(H,22,24)/b19-14-. The highest BCUT2D eigenvalue weighted by Gasteiger charge is 2.30. The quantitative estimate of drug-likeness (QED) is 0.619. The lowest BCUT2D eigenvalue weighted by Gasteiger charge is -2.29. The van der Waals surface area contributed by atoms with Crippen LogP contribution in [-0.4, -0.2) is 24.9 Å². The molecule has 0 bridgehead atoms. The molecule has 26 heavy (non-hydrogen) atoms. The van der Waals surface area contributed by atoms with Crippen LogP contribution >= 0.6 is 11.8 Å². The van der Waals surface area contributed by atoms with Gasteiger partial charge in [-0.1, -0.05) is 67.6 Å². The number of carbonyl (C=O) groups is 2. The summed E-state index contributed by atoms with van der Waals surface area (Å²) in [6, 6.07) is 17.5. The van der Waals surface area contributed by atoms with Gasteiger partial charge in [-0.15, -0.1) is 0 Å². The number of unbranched alkanes of at least 4 members (excludes halogenated alkanes) is 1. The lowest BCUT2D eigenvalue weighted by molar-refractivity contribution is -0.122. The molecule has 1 aliphatic rings. The third-order valence-electron chi connectivity index (χ3n) is 4.08. The van der Waals surface area contributed by atoms with Crippen molar-refractivity contribution in [1.29, 1.82) is 0 Å². The van der Waals surface area contributed by atoms with E-state index in [4.69, 9.17) is 0 Å². The molecule has 0 spiro atoms. The van der Waals surface area contributed by atoms with E-state index in [2.05, 4.69) is 12.2 Å². The third-order valence-corrected chi connectivity index (χ3v) is 5.16. The van der Waals surface area contributed by atoms with Crippen molar-refractivity contribution >= 4 is 35.3 Å². The molecule has 0 saturated heterocycles. The normalized spacial score (nSPS) is 15.0. The molecule has 0 aliphatic carbocycles. The predicted octanol–water partition coefficient (Wildman–Crippen LogP) is 4.08. The van der Waals surface area contributed by atoms with Crippen molar-refractivity contribution in [2.24, 2.45) is 0 Å². The minimum absolute atomic E-state index is 0.0340. The van der Waals surface area contributed by atoms with E-state index in [0.29, 0.717) is 11.4 Å². The Balaban J connectivity index is 1.86. The fourth-order valence-electron chi connectivity index (χ4n) is 2.72. The number of rotatable bonds is 6. The number of thioether (sulfide) groups is 1. The van der Waals surface area contributed by atoms with E-state index >= 15 is 0 Å². The summed E-state index contributed by atoms with van der Waals surface area (Å²) < 4.78 is 0. The number of nitrogens with one attached hydrogen (secondary N) is 1. The number of amides is 2. The Morgan fingerprint density at radius 2 is 1.85 bits per heavy atom. The van der Waals surface area contributed by atoms with Crippen LogP contribution in [0.4, 0.5) is 5.69 Å². The summed E-state index contributed by atoms with van der Waals surface area (Å²) in [5.74, 6) is -0.268. The molecule has 134 valence electrons. The Morgan fingerprint density at radius 1 is 1.12 bits per heavy atom. The van der Waals surface area contributed by atoms with E-state index in [1.165, 1.54) is 11.8 Å². The molecule has 0 aromatic heterocycles. The van der Waals surface area contributed by atoms with Gasteiger partial charge in [0, 0.05) is 11.4 Å². The maximum atomic E-state index is 13.0. The Labute approximate surface area is 158 Å². The van der Waals surface area contributed by atoms with Crippen molar-refractivity contribution in [2.45, 2.75) is 24.7 Å². The van der Waals surface area contributed by atoms with E-state index in [1.54, 1.807) is 4.90 Å². The molecule has 1 N–H and O–H groups in total. The number of benzene rings is 2. The number of carbonyl (C=O) groups excluding carboxylic acids is 2. The third kappa shape index (κ3) is 4.35. The zero-order valence-corrected chi connectivity index (χ0v) is 15.6. The topological polar surface area (TPSA) is 49.4 Å². The molecule has 5 heteroatoms. The van der Waals surface area contributed by atoms with Crippen LogP contribution in [0.1, 0.15) is 25.3 Å². The molecule has 1 heterocycles. The second-order valence-electron chi connectivity index (χ2n) is 6.08. The Bertz CT molecular complexity index is 818. The molecule has 1 aliphatic heterocycles. The SMILES string of the molecule is CCCCNC(=O)CN1C(=O)/C(=C/c2ccccc2)Sc2ccccc21. The lowest BCUT2D eigenvalue weighted by atomic mass is 10.2. The predicted molar refractivity (Wildman–Crippen MR) is 107 cm³/mol. The summed E-state index contributed by atoms with van der Waals surface area (Å²) >= 11 is 1.45. The van der Waals surface area contributed by atoms with Gasteiger partial charge in [0.2, 0.25) is 5.91 Å². The van der Waals surface area contributed by atoms with Crippen molar-refractivity contribution in [3.05, 3.63) is 65.1 Å². The number of hydrogen-bond donors (Lipinski definition) is 1. The molecular formula is C21H22N2O2S. The average Bonchev–Trinajstić information content (AvgIpc) is 2.66. The van der Waals surface area contributed by atoms with Gasteiger partial charge in [0.1, 0.15) is 6.54 Å². The molecule has 0 fully saturated rings.